The summed E-state index contributed by atoms with van der Waals surface area (Å²) in [5, 5.41) is 5.92. The van der Waals surface area contributed by atoms with Crippen LogP contribution in [0.1, 0.15) is 59.5 Å². The topological polar surface area (TPSA) is 95.6 Å². The van der Waals surface area contributed by atoms with Crippen LogP contribution in [-0.2, 0) is 6.54 Å². The van der Waals surface area contributed by atoms with Crippen molar-refractivity contribution >= 4 is 52.7 Å². The first kappa shape index (κ1) is 26.4. The number of imide groups is 1. The second-order valence-electron chi connectivity index (χ2n) is 8.84. The Morgan fingerprint density at radius 1 is 0.973 bits per heavy atom. The van der Waals surface area contributed by atoms with Gasteiger partial charge >= 0.3 is 0 Å². The van der Waals surface area contributed by atoms with Crippen LogP contribution in [0.5, 0.6) is 0 Å². The maximum absolute atomic E-state index is 13.2. The van der Waals surface area contributed by atoms with Crippen molar-refractivity contribution in [2.45, 2.75) is 26.4 Å². The number of fused-ring (bicyclic) bond motifs is 1. The zero-order valence-corrected chi connectivity index (χ0v) is 22.2. The van der Waals surface area contributed by atoms with E-state index in [-0.39, 0.29) is 40.6 Å². The summed E-state index contributed by atoms with van der Waals surface area (Å²) in [6.45, 7) is 3.82. The molecule has 0 unspecified atom stereocenters. The number of thioether (sulfide) groups is 1. The van der Waals surface area contributed by atoms with Crippen molar-refractivity contribution in [2.75, 3.05) is 17.3 Å². The van der Waals surface area contributed by atoms with Crippen molar-refractivity contribution in [1.82, 2.24) is 10.2 Å². The van der Waals surface area contributed by atoms with Gasteiger partial charge in [0.05, 0.1) is 33.8 Å². The Morgan fingerprint density at radius 2 is 1.65 bits per heavy atom. The molecule has 0 radical (unpaired) electrons. The van der Waals surface area contributed by atoms with Crippen molar-refractivity contribution in [3.8, 4) is 0 Å². The predicted molar refractivity (Wildman–Crippen MR) is 147 cm³/mol. The van der Waals surface area contributed by atoms with Crippen LogP contribution in [0.4, 0.5) is 5.69 Å². The molecule has 3 aromatic rings. The third-order valence-electron chi connectivity index (χ3n) is 6.04. The number of anilines is 1. The first-order valence-electron chi connectivity index (χ1n) is 11.7. The highest BCUT2D eigenvalue weighted by Gasteiger charge is 2.35. The molecule has 0 bridgehead atoms. The van der Waals surface area contributed by atoms with Crippen molar-refractivity contribution < 1.29 is 19.2 Å². The van der Waals surface area contributed by atoms with Gasteiger partial charge in [0.2, 0.25) is 0 Å². The number of carbonyl (C=O) groups is 4. The molecule has 0 saturated carbocycles. The Kier molecular flexibility index (Phi) is 8.00. The van der Waals surface area contributed by atoms with Gasteiger partial charge in [0.1, 0.15) is 0 Å². The smallest absolute Gasteiger partial charge is 0.261 e. The molecule has 3 aromatic carbocycles. The van der Waals surface area contributed by atoms with E-state index in [4.69, 9.17) is 11.6 Å². The van der Waals surface area contributed by atoms with Crippen LogP contribution in [0.15, 0.2) is 60.7 Å². The number of nitrogens with zero attached hydrogens (tertiary/aromatic N) is 1. The van der Waals surface area contributed by atoms with Gasteiger partial charge in [0.15, 0.2) is 0 Å². The summed E-state index contributed by atoms with van der Waals surface area (Å²) in [5.41, 5.74) is 3.11. The van der Waals surface area contributed by atoms with Crippen molar-refractivity contribution in [1.29, 1.82) is 0 Å². The second kappa shape index (κ2) is 11.2. The summed E-state index contributed by atoms with van der Waals surface area (Å²) in [6.07, 6.45) is 1.95. The summed E-state index contributed by atoms with van der Waals surface area (Å²) in [7, 11) is 0. The van der Waals surface area contributed by atoms with Crippen LogP contribution in [-0.4, -0.2) is 46.6 Å². The molecule has 1 heterocycles. The van der Waals surface area contributed by atoms with Gasteiger partial charge in [0, 0.05) is 17.5 Å². The second-order valence-corrected chi connectivity index (χ2v) is 10.2. The van der Waals surface area contributed by atoms with E-state index in [0.717, 1.165) is 16.9 Å². The fourth-order valence-electron chi connectivity index (χ4n) is 4.25. The van der Waals surface area contributed by atoms with Gasteiger partial charge in [-0.25, -0.2) is 0 Å². The number of amides is 4. The minimum atomic E-state index is -0.471. The van der Waals surface area contributed by atoms with Gasteiger partial charge in [-0.1, -0.05) is 41.9 Å². The summed E-state index contributed by atoms with van der Waals surface area (Å²) in [4.78, 5) is 52.7. The van der Waals surface area contributed by atoms with Crippen LogP contribution in [0.3, 0.4) is 0 Å². The quantitative estimate of drug-likeness (QED) is 0.388. The third kappa shape index (κ3) is 5.55. The molecule has 9 heteroatoms. The van der Waals surface area contributed by atoms with E-state index in [2.05, 4.69) is 10.6 Å². The van der Waals surface area contributed by atoms with Gasteiger partial charge in [-0.05, 0) is 61.6 Å². The number of halogens is 1. The third-order valence-corrected chi connectivity index (χ3v) is 7.19. The van der Waals surface area contributed by atoms with Gasteiger partial charge in [0.25, 0.3) is 23.6 Å². The van der Waals surface area contributed by atoms with E-state index in [1.807, 2.05) is 26.2 Å². The van der Waals surface area contributed by atoms with E-state index < -0.39 is 11.8 Å². The molecule has 2 N–H and O–H groups in total. The molecule has 0 fully saturated rings. The van der Waals surface area contributed by atoms with E-state index in [1.165, 1.54) is 4.90 Å². The summed E-state index contributed by atoms with van der Waals surface area (Å²) >= 11 is 7.92. The Labute approximate surface area is 224 Å². The maximum Gasteiger partial charge on any atom is 0.261 e. The fraction of sp³-hybridized carbons (Fsp3) is 0.214. The summed E-state index contributed by atoms with van der Waals surface area (Å²) < 4.78 is 0. The monoisotopic (exact) mass is 535 g/mol. The Hall–Kier alpha value is -3.62. The van der Waals surface area contributed by atoms with Crippen LogP contribution >= 0.6 is 23.4 Å². The summed E-state index contributed by atoms with van der Waals surface area (Å²) in [5.74, 6) is -0.806. The predicted octanol–water partition coefficient (Wildman–Crippen LogP) is 5.18. The average Bonchev–Trinajstić information content (AvgIpc) is 3.10. The van der Waals surface area contributed by atoms with E-state index in [1.54, 1.807) is 66.4 Å². The lowest BCUT2D eigenvalue weighted by Crippen LogP contribution is -2.35. The van der Waals surface area contributed by atoms with Crippen LogP contribution < -0.4 is 10.6 Å². The van der Waals surface area contributed by atoms with Crippen LogP contribution in [0.25, 0.3) is 0 Å². The van der Waals surface area contributed by atoms with Crippen molar-refractivity contribution in [2.24, 2.45) is 0 Å². The summed E-state index contributed by atoms with van der Waals surface area (Å²) in [6, 6.07) is 16.7. The molecule has 4 rings (SSSR count). The molecule has 7 nitrogen and oxygen atoms in total. The molecule has 1 atom stereocenters. The minimum absolute atomic E-state index is 0.0911. The van der Waals surface area contributed by atoms with Gasteiger partial charge in [-0.3, -0.25) is 24.1 Å². The molecule has 190 valence electrons. The number of aryl methyl sites for hydroxylation is 1. The van der Waals surface area contributed by atoms with Crippen molar-refractivity contribution in [3.63, 3.8) is 0 Å². The standard InChI is InChI=1S/C28H26ClN3O4S/c1-16-13-18(14-32-27(35)19-7-4-5-8-20(19)28(32)36)11-12-23(16)31-25(33)21-9-6-10-22(29)24(21)26(34)30-17(2)15-37-3/h4-13,17H,14-15H2,1-3H3,(H,30,34)(H,31,33)/t17-/m0/s1. The molecule has 1 aliphatic rings. The molecular formula is C28H26ClN3O4S. The molecule has 0 saturated heterocycles. The molecule has 1 aliphatic heterocycles. The zero-order valence-electron chi connectivity index (χ0n) is 20.6. The van der Waals surface area contributed by atoms with Crippen molar-refractivity contribution in [3.05, 3.63) is 99.1 Å². The molecule has 4 amide bonds. The molecular weight excluding hydrogens is 510 g/mol. The van der Waals surface area contributed by atoms with Crippen LogP contribution in [0.2, 0.25) is 5.02 Å². The first-order valence-corrected chi connectivity index (χ1v) is 13.4. The Balaban J connectivity index is 1.50. The highest BCUT2D eigenvalue weighted by atomic mass is 35.5. The number of hydrogen-bond acceptors (Lipinski definition) is 5. The van der Waals surface area contributed by atoms with Gasteiger partial charge in [-0.15, -0.1) is 0 Å². The first-order chi connectivity index (χ1) is 17.7. The van der Waals surface area contributed by atoms with E-state index >= 15 is 0 Å². The fourth-order valence-corrected chi connectivity index (χ4v) is 5.09. The number of rotatable bonds is 8. The number of carbonyl (C=O) groups excluding carboxylic acids is 4. The number of benzene rings is 3. The number of hydrogen-bond donors (Lipinski definition) is 2. The van der Waals surface area contributed by atoms with Gasteiger partial charge < -0.3 is 10.6 Å². The SMILES string of the molecule is CSC[C@H](C)NC(=O)c1c(Cl)cccc1C(=O)Nc1ccc(CN2C(=O)c3ccccc3C2=O)cc1C. The van der Waals surface area contributed by atoms with E-state index in [0.29, 0.717) is 16.8 Å². The number of nitrogens with one attached hydrogen (secondary N) is 2. The minimum Gasteiger partial charge on any atom is -0.349 e. The molecule has 0 spiro atoms. The highest BCUT2D eigenvalue weighted by molar-refractivity contribution is 7.98. The largest absolute Gasteiger partial charge is 0.349 e. The zero-order chi connectivity index (χ0) is 26.7. The molecule has 0 aromatic heterocycles. The Bertz CT molecular complexity index is 1370. The van der Waals surface area contributed by atoms with E-state index in [9.17, 15) is 19.2 Å². The maximum atomic E-state index is 13.2. The normalized spacial score (nSPS) is 13.4. The average molecular weight is 536 g/mol. The highest BCUT2D eigenvalue weighted by Crippen LogP contribution is 2.27. The Morgan fingerprint density at radius 3 is 2.27 bits per heavy atom. The lowest BCUT2D eigenvalue weighted by molar-refractivity contribution is 0.0641. The van der Waals surface area contributed by atoms with Gasteiger partial charge in [-0.2, -0.15) is 11.8 Å². The molecule has 37 heavy (non-hydrogen) atoms. The van der Waals surface area contributed by atoms with Crippen LogP contribution in [0, 0.1) is 6.92 Å². The lowest BCUT2D eigenvalue weighted by atomic mass is 10.0. The lowest BCUT2D eigenvalue weighted by Gasteiger charge is -2.17. The molecule has 0 aliphatic carbocycles.